The first-order valence-corrected chi connectivity index (χ1v) is 11.4. The number of carbonyl (C=O) groups is 3. The maximum absolute atomic E-state index is 12.9. The summed E-state index contributed by atoms with van der Waals surface area (Å²) in [5, 5.41) is 19.4. The fraction of sp³-hybridized carbons (Fsp3) is 0.333. The van der Waals surface area contributed by atoms with Crippen LogP contribution in [-0.2, 0) is 22.6 Å². The van der Waals surface area contributed by atoms with Gasteiger partial charge in [0.15, 0.2) is 0 Å². The number of carboxylic acid groups (broad SMARTS) is 2. The van der Waals surface area contributed by atoms with Crippen LogP contribution in [0.1, 0.15) is 41.9 Å². The summed E-state index contributed by atoms with van der Waals surface area (Å²) in [4.78, 5) is 37.3. The summed E-state index contributed by atoms with van der Waals surface area (Å²) in [5.74, 6) is -0.953. The molecule has 1 saturated heterocycles. The molecule has 1 atom stereocenters. The van der Waals surface area contributed by atoms with Crippen LogP contribution in [0.3, 0.4) is 0 Å². The van der Waals surface area contributed by atoms with Crippen LogP contribution in [0.2, 0.25) is 0 Å². The van der Waals surface area contributed by atoms with Crippen molar-refractivity contribution < 1.29 is 24.6 Å². The Bertz CT molecular complexity index is 1120. The highest BCUT2D eigenvalue weighted by Gasteiger charge is 2.17. The molecule has 0 bridgehead atoms. The Balaban J connectivity index is 0.000000473. The predicted molar refractivity (Wildman–Crippen MR) is 135 cm³/mol. The van der Waals surface area contributed by atoms with E-state index in [0.717, 1.165) is 55.5 Å². The largest absolute Gasteiger partial charge is 0.481 e. The molecule has 186 valence electrons. The van der Waals surface area contributed by atoms with Crippen LogP contribution in [0, 0.1) is 5.92 Å². The molecule has 1 aliphatic heterocycles. The third-order valence-corrected chi connectivity index (χ3v) is 5.26. The number of aromatic nitrogens is 1. The quantitative estimate of drug-likeness (QED) is 0.508. The number of pyridine rings is 1. The maximum atomic E-state index is 12.9. The van der Waals surface area contributed by atoms with Crippen LogP contribution in [0.25, 0.3) is 10.9 Å². The molecule has 1 fully saturated rings. The molecule has 0 saturated carbocycles. The minimum atomic E-state index is -0.833. The van der Waals surface area contributed by atoms with Crippen molar-refractivity contribution in [2.75, 3.05) is 20.1 Å². The SMILES string of the molecule is CC(=O)O.CC(=O)O.CN(Cc1ccc2ccccc2n1)C(=O)c1cccc(CC2CCNC2)c1. The molecule has 8 heteroatoms. The van der Waals surface area contributed by atoms with Gasteiger partial charge in [0.2, 0.25) is 0 Å². The van der Waals surface area contributed by atoms with Gasteiger partial charge < -0.3 is 20.4 Å². The Kier molecular flexibility index (Phi) is 10.8. The molecule has 0 aliphatic carbocycles. The normalized spacial score (nSPS) is 14.2. The summed E-state index contributed by atoms with van der Waals surface area (Å²) in [7, 11) is 1.84. The van der Waals surface area contributed by atoms with Crippen molar-refractivity contribution >= 4 is 28.7 Å². The second-order valence-electron chi connectivity index (χ2n) is 8.46. The average molecular weight is 480 g/mol. The summed E-state index contributed by atoms with van der Waals surface area (Å²) in [5.41, 5.74) is 3.86. The van der Waals surface area contributed by atoms with Gasteiger partial charge in [-0.3, -0.25) is 19.4 Å². The average Bonchev–Trinajstić information content (AvgIpc) is 3.31. The number of carboxylic acids is 2. The number of amides is 1. The van der Waals surface area contributed by atoms with Gasteiger partial charge in [0.1, 0.15) is 0 Å². The third-order valence-electron chi connectivity index (χ3n) is 5.26. The Morgan fingerprint density at radius 2 is 1.69 bits per heavy atom. The van der Waals surface area contributed by atoms with E-state index < -0.39 is 11.9 Å². The highest BCUT2D eigenvalue weighted by Crippen LogP contribution is 2.18. The zero-order valence-electron chi connectivity index (χ0n) is 20.4. The lowest BCUT2D eigenvalue weighted by atomic mass is 9.97. The molecular weight excluding hydrogens is 446 g/mol. The topological polar surface area (TPSA) is 120 Å². The lowest BCUT2D eigenvalue weighted by Gasteiger charge is -2.18. The molecule has 4 rings (SSSR count). The number of hydrogen-bond acceptors (Lipinski definition) is 5. The molecular formula is C27H33N3O5. The van der Waals surface area contributed by atoms with Gasteiger partial charge in [-0.15, -0.1) is 0 Å². The minimum Gasteiger partial charge on any atom is -0.481 e. The monoisotopic (exact) mass is 479 g/mol. The van der Waals surface area contributed by atoms with E-state index in [2.05, 4.69) is 22.4 Å². The lowest BCUT2D eigenvalue weighted by Crippen LogP contribution is -2.26. The number of fused-ring (bicyclic) bond motifs is 1. The molecule has 8 nitrogen and oxygen atoms in total. The number of hydrogen-bond donors (Lipinski definition) is 3. The number of carbonyl (C=O) groups excluding carboxylic acids is 1. The van der Waals surface area contributed by atoms with Crippen LogP contribution in [0.15, 0.2) is 60.7 Å². The number of para-hydroxylation sites is 1. The molecule has 3 aromatic rings. The molecule has 1 aliphatic rings. The predicted octanol–water partition coefficient (Wildman–Crippen LogP) is 3.84. The van der Waals surface area contributed by atoms with Crippen molar-refractivity contribution in [3.05, 3.63) is 77.5 Å². The van der Waals surface area contributed by atoms with E-state index in [4.69, 9.17) is 19.8 Å². The first-order chi connectivity index (χ1) is 16.7. The van der Waals surface area contributed by atoms with E-state index in [-0.39, 0.29) is 5.91 Å². The second kappa shape index (κ2) is 13.8. The van der Waals surface area contributed by atoms with Crippen LogP contribution < -0.4 is 5.32 Å². The summed E-state index contributed by atoms with van der Waals surface area (Å²) >= 11 is 0. The summed E-state index contributed by atoms with van der Waals surface area (Å²) < 4.78 is 0. The van der Waals surface area contributed by atoms with Crippen LogP contribution in [0.4, 0.5) is 0 Å². The van der Waals surface area contributed by atoms with E-state index in [1.807, 2.05) is 55.6 Å². The molecule has 0 radical (unpaired) electrons. The smallest absolute Gasteiger partial charge is 0.300 e. The summed E-state index contributed by atoms with van der Waals surface area (Å²) in [6.07, 6.45) is 2.25. The zero-order valence-corrected chi connectivity index (χ0v) is 20.4. The van der Waals surface area contributed by atoms with Crippen LogP contribution in [-0.4, -0.2) is 58.1 Å². The summed E-state index contributed by atoms with van der Waals surface area (Å²) in [6, 6.07) is 20.2. The van der Waals surface area contributed by atoms with Gasteiger partial charge in [0.25, 0.3) is 17.8 Å². The van der Waals surface area contributed by atoms with E-state index in [1.165, 1.54) is 12.0 Å². The highest BCUT2D eigenvalue weighted by molar-refractivity contribution is 5.94. The zero-order chi connectivity index (χ0) is 25.8. The summed E-state index contributed by atoms with van der Waals surface area (Å²) in [6.45, 7) is 4.84. The standard InChI is InChI=1S/C23H25N3O.2C2H4O2/c1-26(16-21-10-9-19-6-2-3-8-22(19)25-21)23(27)20-7-4-5-17(14-20)13-18-11-12-24-15-18;2*1-2(3)4/h2-10,14,18,24H,11-13,15-16H2,1H3;2*1H3,(H,3,4). The third kappa shape index (κ3) is 9.93. The van der Waals surface area contributed by atoms with E-state index in [9.17, 15) is 4.79 Å². The lowest BCUT2D eigenvalue weighted by molar-refractivity contribution is -0.135. The Morgan fingerprint density at radius 3 is 2.34 bits per heavy atom. The van der Waals surface area contributed by atoms with Gasteiger partial charge in [0, 0.05) is 31.8 Å². The van der Waals surface area contributed by atoms with Gasteiger partial charge in [-0.25, -0.2) is 0 Å². The Labute approximate surface area is 205 Å². The van der Waals surface area contributed by atoms with E-state index in [1.54, 1.807) is 4.90 Å². The molecule has 1 aromatic heterocycles. The Morgan fingerprint density at radius 1 is 1.00 bits per heavy atom. The molecule has 1 unspecified atom stereocenters. The maximum Gasteiger partial charge on any atom is 0.300 e. The molecule has 2 heterocycles. The minimum absolute atomic E-state index is 0.0383. The molecule has 3 N–H and O–H groups in total. The number of benzene rings is 2. The number of nitrogens with one attached hydrogen (secondary N) is 1. The Hall–Kier alpha value is -3.78. The second-order valence-corrected chi connectivity index (χ2v) is 8.46. The van der Waals surface area contributed by atoms with Gasteiger partial charge >= 0.3 is 0 Å². The van der Waals surface area contributed by atoms with Gasteiger partial charge in [-0.2, -0.15) is 0 Å². The van der Waals surface area contributed by atoms with Crippen molar-refractivity contribution in [3.8, 4) is 0 Å². The van der Waals surface area contributed by atoms with Gasteiger partial charge in [-0.05, 0) is 61.7 Å². The molecule has 35 heavy (non-hydrogen) atoms. The number of nitrogens with zero attached hydrogens (tertiary/aromatic N) is 2. The first kappa shape index (κ1) is 27.5. The number of rotatable bonds is 5. The fourth-order valence-electron chi connectivity index (χ4n) is 3.78. The van der Waals surface area contributed by atoms with Crippen LogP contribution in [0.5, 0.6) is 0 Å². The van der Waals surface area contributed by atoms with Crippen molar-refractivity contribution in [1.82, 2.24) is 15.2 Å². The van der Waals surface area contributed by atoms with Crippen molar-refractivity contribution in [3.63, 3.8) is 0 Å². The fourth-order valence-corrected chi connectivity index (χ4v) is 3.78. The van der Waals surface area contributed by atoms with Crippen molar-refractivity contribution in [2.24, 2.45) is 5.92 Å². The van der Waals surface area contributed by atoms with Crippen LogP contribution >= 0.6 is 0 Å². The van der Waals surface area contributed by atoms with E-state index >= 15 is 0 Å². The van der Waals surface area contributed by atoms with Gasteiger partial charge in [0.05, 0.1) is 17.8 Å². The van der Waals surface area contributed by atoms with Gasteiger partial charge in [-0.1, -0.05) is 36.4 Å². The first-order valence-electron chi connectivity index (χ1n) is 11.4. The van der Waals surface area contributed by atoms with E-state index in [0.29, 0.717) is 12.5 Å². The highest BCUT2D eigenvalue weighted by atomic mass is 16.4. The van der Waals surface area contributed by atoms with Crippen molar-refractivity contribution in [1.29, 1.82) is 0 Å². The molecule has 1 amide bonds. The number of aliphatic carboxylic acids is 2. The molecule has 0 spiro atoms. The molecule has 2 aromatic carbocycles. The van der Waals surface area contributed by atoms with Crippen molar-refractivity contribution in [2.45, 2.75) is 33.2 Å².